The van der Waals surface area contributed by atoms with E-state index in [1.165, 1.54) is 37.1 Å². The van der Waals surface area contributed by atoms with Gasteiger partial charge in [0.1, 0.15) is 31.3 Å². The highest BCUT2D eigenvalue weighted by Crippen LogP contribution is 2.30. The van der Waals surface area contributed by atoms with Gasteiger partial charge in [-0.05, 0) is 92.6 Å². The van der Waals surface area contributed by atoms with Crippen LogP contribution in [0, 0.1) is 6.92 Å². The normalized spacial score (nSPS) is 13.3. The molecule has 2 heterocycles. The zero-order chi connectivity index (χ0) is 40.0. The molecule has 57 heavy (non-hydrogen) atoms. The zero-order valence-corrected chi connectivity index (χ0v) is 33.1. The molecule has 7 aromatic rings. The second-order valence-electron chi connectivity index (χ2n) is 13.1. The summed E-state index contributed by atoms with van der Waals surface area (Å²) in [5.74, 6) is 0.996. The first-order chi connectivity index (χ1) is 27.4. The van der Waals surface area contributed by atoms with Gasteiger partial charge in [0.05, 0.1) is 25.7 Å². The molecule has 17 heteroatoms. The van der Waals surface area contributed by atoms with Crippen LogP contribution in [0.1, 0.15) is 18.4 Å². The number of rotatable bonds is 15. The Bertz CT molecular complexity index is 2810. The van der Waals surface area contributed by atoms with Crippen LogP contribution in [-0.2, 0) is 34.0 Å². The molecule has 2 aromatic heterocycles. The number of nitrogens with one attached hydrogen (secondary N) is 3. The molecule has 1 fully saturated rings. The standard InChI is InChI=1S/C22H20N2O6S2.C18H19N3O3S/c1-16-7-10-19(11-8-16)32(27,28)30-14-13-29-17-9-12-21-20(15-17)22(24-23-21)31(25,26)18-5-3-2-4-6-18;22-25(23,15-4-2-1-3-5-15)18-16-12-14(8-9-17(16)20-21-18)24-11-10-19-13-6-7-13/h2-12,15H,13-14H2,1H3,(H,23,24);1-5,8-9,12-13,19H,6-7,10-11H2,(H,20,21). The number of aromatic nitrogens is 4. The number of hydrogen-bond acceptors (Lipinski definition) is 12. The molecule has 14 nitrogen and oxygen atoms in total. The van der Waals surface area contributed by atoms with E-state index in [0.29, 0.717) is 46.0 Å². The van der Waals surface area contributed by atoms with Gasteiger partial charge in [0.25, 0.3) is 10.1 Å². The van der Waals surface area contributed by atoms with Gasteiger partial charge < -0.3 is 14.8 Å². The Labute approximate surface area is 330 Å². The Morgan fingerprint density at radius 1 is 0.596 bits per heavy atom. The second kappa shape index (κ2) is 16.9. The predicted molar refractivity (Wildman–Crippen MR) is 212 cm³/mol. The number of benzene rings is 5. The fourth-order valence-electron chi connectivity index (χ4n) is 5.75. The third-order valence-corrected chi connectivity index (χ3v) is 13.7. The molecule has 0 radical (unpaired) electrons. The van der Waals surface area contributed by atoms with Crippen molar-refractivity contribution in [1.29, 1.82) is 0 Å². The molecule has 0 unspecified atom stereocenters. The minimum Gasteiger partial charge on any atom is -0.492 e. The van der Waals surface area contributed by atoms with Crippen LogP contribution in [0.2, 0.25) is 0 Å². The number of fused-ring (bicyclic) bond motifs is 2. The lowest BCUT2D eigenvalue weighted by Gasteiger charge is -2.08. The van der Waals surface area contributed by atoms with Crippen molar-refractivity contribution in [3.8, 4) is 11.5 Å². The van der Waals surface area contributed by atoms with Crippen LogP contribution < -0.4 is 14.8 Å². The maximum absolute atomic E-state index is 12.9. The van der Waals surface area contributed by atoms with Gasteiger partial charge in [-0.3, -0.25) is 14.4 Å². The van der Waals surface area contributed by atoms with Crippen molar-refractivity contribution >= 4 is 51.6 Å². The lowest BCUT2D eigenvalue weighted by molar-refractivity contribution is 0.221. The minimum absolute atomic E-state index is 0.0395. The monoisotopic (exact) mass is 829 g/mol. The number of aryl methyl sites for hydroxylation is 1. The van der Waals surface area contributed by atoms with E-state index in [1.54, 1.807) is 97.1 Å². The molecular formula is C40H39N5O9S3. The summed E-state index contributed by atoms with van der Waals surface area (Å²) in [6, 6.07) is 33.4. The van der Waals surface area contributed by atoms with Gasteiger partial charge in [0.15, 0.2) is 10.1 Å². The molecule has 8 rings (SSSR count). The van der Waals surface area contributed by atoms with Crippen LogP contribution >= 0.6 is 0 Å². The Kier molecular flexibility index (Phi) is 11.7. The highest BCUT2D eigenvalue weighted by Gasteiger charge is 2.25. The van der Waals surface area contributed by atoms with Crippen molar-refractivity contribution in [1.82, 2.24) is 25.7 Å². The highest BCUT2D eigenvalue weighted by molar-refractivity contribution is 7.92. The van der Waals surface area contributed by atoms with Crippen LogP contribution in [0.25, 0.3) is 21.8 Å². The molecule has 1 aliphatic rings. The van der Waals surface area contributed by atoms with Gasteiger partial charge >= 0.3 is 0 Å². The highest BCUT2D eigenvalue weighted by atomic mass is 32.2. The lowest BCUT2D eigenvalue weighted by atomic mass is 10.2. The van der Waals surface area contributed by atoms with Crippen LogP contribution in [-0.4, -0.2) is 78.1 Å². The first kappa shape index (κ1) is 39.6. The molecule has 0 atom stereocenters. The van der Waals surface area contributed by atoms with E-state index in [1.807, 2.05) is 6.92 Å². The average Bonchev–Trinajstić information content (AvgIpc) is 3.78. The third kappa shape index (κ3) is 9.35. The molecule has 0 amide bonds. The number of ether oxygens (including phenoxy) is 2. The molecule has 0 bridgehead atoms. The zero-order valence-electron chi connectivity index (χ0n) is 30.7. The first-order valence-electron chi connectivity index (χ1n) is 17.9. The Balaban J connectivity index is 0.000000179. The Morgan fingerprint density at radius 3 is 1.58 bits per heavy atom. The third-order valence-electron chi connectivity index (χ3n) is 8.91. The molecule has 296 valence electrons. The predicted octanol–water partition coefficient (Wildman–Crippen LogP) is 6.01. The fraction of sp³-hybridized carbons (Fsp3) is 0.200. The van der Waals surface area contributed by atoms with Gasteiger partial charge in [-0.25, -0.2) is 16.8 Å². The summed E-state index contributed by atoms with van der Waals surface area (Å²) in [6.07, 6.45) is 2.48. The van der Waals surface area contributed by atoms with Crippen LogP contribution in [0.5, 0.6) is 11.5 Å². The van der Waals surface area contributed by atoms with Gasteiger partial charge in [-0.2, -0.15) is 18.6 Å². The maximum atomic E-state index is 12.9. The average molecular weight is 830 g/mol. The first-order valence-corrected chi connectivity index (χ1v) is 22.3. The molecule has 0 aliphatic heterocycles. The van der Waals surface area contributed by atoms with E-state index >= 15 is 0 Å². The van der Waals surface area contributed by atoms with Gasteiger partial charge in [-0.15, -0.1) is 0 Å². The quantitative estimate of drug-likeness (QED) is 0.0804. The SMILES string of the molecule is Cc1ccc(S(=O)(=O)OCCOc2ccc3n[nH]c(S(=O)(=O)c4ccccc4)c3c2)cc1.O=S(=O)(c1ccccc1)c1[nH]nc2ccc(OCCNC3CC3)cc12. The van der Waals surface area contributed by atoms with E-state index < -0.39 is 29.8 Å². The molecular weight excluding hydrogens is 791 g/mol. The number of aromatic amines is 2. The van der Waals surface area contributed by atoms with Crippen molar-refractivity contribution in [2.45, 2.75) is 50.5 Å². The van der Waals surface area contributed by atoms with Gasteiger partial charge in [0, 0.05) is 23.4 Å². The van der Waals surface area contributed by atoms with E-state index in [4.69, 9.17) is 13.7 Å². The Morgan fingerprint density at radius 2 is 1.09 bits per heavy atom. The van der Waals surface area contributed by atoms with Gasteiger partial charge in [0.2, 0.25) is 19.7 Å². The minimum atomic E-state index is -3.89. The van der Waals surface area contributed by atoms with Gasteiger partial charge in [-0.1, -0.05) is 54.1 Å². The molecule has 0 saturated heterocycles. The number of H-pyrrole nitrogens is 2. The summed E-state index contributed by atoms with van der Waals surface area (Å²) in [5.41, 5.74) is 2.00. The number of nitrogens with zero attached hydrogens (tertiary/aromatic N) is 2. The van der Waals surface area contributed by atoms with Crippen molar-refractivity contribution in [2.75, 3.05) is 26.4 Å². The summed E-state index contributed by atoms with van der Waals surface area (Å²) >= 11 is 0. The van der Waals surface area contributed by atoms with E-state index in [0.717, 1.165) is 12.1 Å². The summed E-state index contributed by atoms with van der Waals surface area (Å²) in [5, 5.41) is 17.8. The van der Waals surface area contributed by atoms with Crippen molar-refractivity contribution in [2.24, 2.45) is 0 Å². The molecule has 3 N–H and O–H groups in total. The van der Waals surface area contributed by atoms with Crippen LogP contribution in [0.3, 0.4) is 0 Å². The number of sulfone groups is 2. The molecule has 0 spiro atoms. The largest absolute Gasteiger partial charge is 0.492 e. The summed E-state index contributed by atoms with van der Waals surface area (Å²) in [6.45, 7) is 2.94. The lowest BCUT2D eigenvalue weighted by Crippen LogP contribution is -2.22. The summed E-state index contributed by atoms with van der Waals surface area (Å²) in [7, 11) is -11.3. The summed E-state index contributed by atoms with van der Waals surface area (Å²) < 4.78 is 92.4. The molecule has 1 aliphatic carbocycles. The van der Waals surface area contributed by atoms with Crippen molar-refractivity contribution < 1.29 is 38.9 Å². The Hall–Kier alpha value is -5.59. The fourth-order valence-corrected chi connectivity index (χ4v) is 9.38. The molecule has 5 aromatic carbocycles. The van der Waals surface area contributed by atoms with Crippen molar-refractivity contribution in [3.05, 3.63) is 127 Å². The van der Waals surface area contributed by atoms with E-state index in [2.05, 4.69) is 25.7 Å². The van der Waals surface area contributed by atoms with E-state index in [-0.39, 0.29) is 38.0 Å². The smallest absolute Gasteiger partial charge is 0.297 e. The topological polar surface area (TPSA) is 199 Å². The van der Waals surface area contributed by atoms with Crippen LogP contribution in [0.4, 0.5) is 0 Å². The second-order valence-corrected chi connectivity index (χ2v) is 18.5. The summed E-state index contributed by atoms with van der Waals surface area (Å²) in [4.78, 5) is 0.450. The van der Waals surface area contributed by atoms with Crippen molar-refractivity contribution in [3.63, 3.8) is 0 Å². The van der Waals surface area contributed by atoms with Crippen LogP contribution in [0.15, 0.2) is 146 Å². The maximum Gasteiger partial charge on any atom is 0.297 e. The molecule has 1 saturated carbocycles. The number of hydrogen-bond donors (Lipinski definition) is 3. The van der Waals surface area contributed by atoms with E-state index in [9.17, 15) is 25.3 Å².